The number of ether oxygens (including phenoxy) is 1. The molecule has 1 aliphatic rings. The Morgan fingerprint density at radius 1 is 1.22 bits per heavy atom. The van der Waals surface area contributed by atoms with Crippen LogP contribution in [0.15, 0.2) is 40.0 Å². The van der Waals surface area contributed by atoms with Gasteiger partial charge < -0.3 is 9.26 Å². The molecule has 0 saturated carbocycles. The van der Waals surface area contributed by atoms with E-state index in [2.05, 4.69) is 20.2 Å². The van der Waals surface area contributed by atoms with Gasteiger partial charge in [-0.2, -0.15) is 5.10 Å². The first-order chi connectivity index (χ1) is 11.3. The molecule has 1 fully saturated rings. The van der Waals surface area contributed by atoms with Crippen molar-refractivity contribution in [2.75, 3.05) is 33.3 Å². The van der Waals surface area contributed by atoms with Gasteiger partial charge in [0.25, 0.3) is 0 Å². The van der Waals surface area contributed by atoms with Gasteiger partial charge in [0.2, 0.25) is 0 Å². The monoisotopic (exact) mass is 314 g/mol. The molecule has 23 heavy (non-hydrogen) atoms. The van der Waals surface area contributed by atoms with Crippen molar-refractivity contribution < 1.29 is 9.26 Å². The van der Waals surface area contributed by atoms with Gasteiger partial charge in [0.05, 0.1) is 13.7 Å². The second-order valence-electron chi connectivity index (χ2n) is 5.51. The van der Waals surface area contributed by atoms with Crippen LogP contribution >= 0.6 is 0 Å². The smallest absolute Gasteiger partial charge is 0.151 e. The molecule has 0 atom stereocenters. The molecule has 122 valence electrons. The summed E-state index contributed by atoms with van der Waals surface area (Å²) in [6.07, 6.45) is 1.84. The van der Waals surface area contributed by atoms with Gasteiger partial charge in [-0.25, -0.2) is 0 Å². The fourth-order valence-corrected chi connectivity index (χ4v) is 2.68. The maximum atomic E-state index is 5.49. The first-order valence-electron chi connectivity index (χ1n) is 7.84. The van der Waals surface area contributed by atoms with Crippen LogP contribution in [0.4, 0.5) is 0 Å². The summed E-state index contributed by atoms with van der Waals surface area (Å²) >= 11 is 0. The summed E-state index contributed by atoms with van der Waals surface area (Å²) in [5, 5.41) is 10.6. The van der Waals surface area contributed by atoms with Crippen LogP contribution in [0.2, 0.25) is 0 Å². The topological polar surface area (TPSA) is 54.1 Å². The van der Waals surface area contributed by atoms with Crippen molar-refractivity contribution in [3.63, 3.8) is 0 Å². The third-order valence-corrected chi connectivity index (χ3v) is 3.95. The van der Waals surface area contributed by atoms with Crippen molar-refractivity contribution in [2.24, 2.45) is 5.10 Å². The van der Waals surface area contributed by atoms with E-state index in [0.717, 1.165) is 55.5 Å². The van der Waals surface area contributed by atoms with Crippen LogP contribution < -0.4 is 4.74 Å². The zero-order chi connectivity index (χ0) is 16.1. The summed E-state index contributed by atoms with van der Waals surface area (Å²) in [5.41, 5.74) is 1.89. The summed E-state index contributed by atoms with van der Waals surface area (Å²) in [5.74, 6) is 1.73. The lowest BCUT2D eigenvalue weighted by Gasteiger charge is -2.32. The van der Waals surface area contributed by atoms with E-state index in [1.165, 1.54) is 0 Å². The highest BCUT2D eigenvalue weighted by Crippen LogP contribution is 2.22. The Kier molecular flexibility index (Phi) is 4.92. The molecule has 0 N–H and O–H groups in total. The average Bonchev–Trinajstić information content (AvgIpc) is 3.05. The lowest BCUT2D eigenvalue weighted by Crippen LogP contribution is -2.43. The van der Waals surface area contributed by atoms with E-state index in [4.69, 9.17) is 9.26 Å². The summed E-state index contributed by atoms with van der Waals surface area (Å²) in [4.78, 5) is 2.36. The van der Waals surface area contributed by atoms with Crippen LogP contribution in [0.3, 0.4) is 0 Å². The number of aromatic nitrogens is 1. The number of hydrogen-bond donors (Lipinski definition) is 0. The minimum absolute atomic E-state index is 0.785. The molecule has 0 unspecified atom stereocenters. The number of hydrazone groups is 1. The van der Waals surface area contributed by atoms with Gasteiger partial charge in [-0.05, 0) is 31.2 Å². The van der Waals surface area contributed by atoms with Crippen LogP contribution in [0.25, 0.3) is 11.3 Å². The third-order valence-electron chi connectivity index (χ3n) is 3.95. The standard InChI is InChI=1S/C17H22N4O2/c1-3-18-21-10-8-20(9-11-21)13-16-12-17(19-23-16)14-4-6-15(22-2)7-5-14/h3-7,12H,8-11,13H2,1-2H3/b18-3-. The molecule has 2 aromatic rings. The number of benzene rings is 1. The van der Waals surface area contributed by atoms with Crippen LogP contribution in [0.5, 0.6) is 5.75 Å². The van der Waals surface area contributed by atoms with E-state index in [1.54, 1.807) is 7.11 Å². The number of rotatable bonds is 5. The highest BCUT2D eigenvalue weighted by molar-refractivity contribution is 5.59. The largest absolute Gasteiger partial charge is 0.497 e. The van der Waals surface area contributed by atoms with Crippen molar-refractivity contribution in [1.29, 1.82) is 0 Å². The minimum Gasteiger partial charge on any atom is -0.497 e. The maximum Gasteiger partial charge on any atom is 0.151 e. The zero-order valence-corrected chi connectivity index (χ0v) is 13.6. The molecular formula is C17H22N4O2. The van der Waals surface area contributed by atoms with E-state index in [1.807, 2.05) is 43.5 Å². The van der Waals surface area contributed by atoms with Gasteiger partial charge in [0.1, 0.15) is 11.4 Å². The van der Waals surface area contributed by atoms with E-state index >= 15 is 0 Å². The Morgan fingerprint density at radius 2 is 1.96 bits per heavy atom. The van der Waals surface area contributed by atoms with E-state index in [0.29, 0.717) is 0 Å². The van der Waals surface area contributed by atoms with E-state index in [-0.39, 0.29) is 0 Å². The molecular weight excluding hydrogens is 292 g/mol. The molecule has 0 radical (unpaired) electrons. The first-order valence-corrected chi connectivity index (χ1v) is 7.84. The minimum atomic E-state index is 0.785. The van der Waals surface area contributed by atoms with Crippen LogP contribution in [-0.4, -0.2) is 54.6 Å². The van der Waals surface area contributed by atoms with Gasteiger partial charge >= 0.3 is 0 Å². The summed E-state index contributed by atoms with van der Waals surface area (Å²) < 4.78 is 10.7. The lowest BCUT2D eigenvalue weighted by atomic mass is 10.1. The second kappa shape index (κ2) is 7.28. The Morgan fingerprint density at radius 3 is 2.61 bits per heavy atom. The molecule has 0 bridgehead atoms. The quantitative estimate of drug-likeness (QED) is 0.794. The summed E-state index contributed by atoms with van der Waals surface area (Å²) in [7, 11) is 1.66. The average molecular weight is 314 g/mol. The van der Waals surface area contributed by atoms with Gasteiger partial charge in [-0.15, -0.1) is 0 Å². The lowest BCUT2D eigenvalue weighted by molar-refractivity contribution is 0.122. The van der Waals surface area contributed by atoms with Crippen molar-refractivity contribution in [3.8, 4) is 17.0 Å². The molecule has 1 aliphatic heterocycles. The molecule has 1 aromatic carbocycles. The molecule has 6 nitrogen and oxygen atoms in total. The number of piperazine rings is 1. The molecule has 0 spiro atoms. The molecule has 0 amide bonds. The SMILES string of the molecule is C/C=N\N1CCN(Cc2cc(-c3ccc(OC)cc3)no2)CC1. The van der Waals surface area contributed by atoms with Gasteiger partial charge in [0.15, 0.2) is 5.76 Å². The molecule has 1 saturated heterocycles. The molecule has 1 aromatic heterocycles. The number of nitrogens with zero attached hydrogens (tertiary/aromatic N) is 4. The Hall–Kier alpha value is -2.34. The van der Waals surface area contributed by atoms with Crippen molar-refractivity contribution in [1.82, 2.24) is 15.1 Å². The normalized spacial score (nSPS) is 16.2. The van der Waals surface area contributed by atoms with Crippen LogP contribution in [0, 0.1) is 0 Å². The predicted octanol–water partition coefficient (Wildman–Crippen LogP) is 2.47. The third kappa shape index (κ3) is 3.90. The van der Waals surface area contributed by atoms with Gasteiger partial charge in [-0.3, -0.25) is 9.91 Å². The Bertz CT molecular complexity index is 643. The van der Waals surface area contributed by atoms with Crippen LogP contribution in [-0.2, 0) is 6.54 Å². The number of hydrogen-bond acceptors (Lipinski definition) is 6. The summed E-state index contributed by atoms with van der Waals surface area (Å²) in [6, 6.07) is 9.84. The fraction of sp³-hybridized carbons (Fsp3) is 0.412. The summed E-state index contributed by atoms with van der Waals surface area (Å²) in [6.45, 7) is 6.59. The predicted molar refractivity (Wildman–Crippen MR) is 89.5 cm³/mol. The molecule has 3 rings (SSSR count). The molecule has 2 heterocycles. The Balaban J connectivity index is 1.59. The van der Waals surface area contributed by atoms with Gasteiger partial charge in [-0.1, -0.05) is 5.16 Å². The van der Waals surface area contributed by atoms with Crippen molar-refractivity contribution in [3.05, 3.63) is 36.1 Å². The van der Waals surface area contributed by atoms with E-state index < -0.39 is 0 Å². The van der Waals surface area contributed by atoms with Crippen molar-refractivity contribution >= 4 is 6.21 Å². The molecule has 0 aliphatic carbocycles. The second-order valence-corrected chi connectivity index (χ2v) is 5.51. The number of methoxy groups -OCH3 is 1. The van der Waals surface area contributed by atoms with Crippen molar-refractivity contribution in [2.45, 2.75) is 13.5 Å². The van der Waals surface area contributed by atoms with E-state index in [9.17, 15) is 0 Å². The first kappa shape index (κ1) is 15.6. The fourth-order valence-electron chi connectivity index (χ4n) is 2.68. The zero-order valence-electron chi connectivity index (χ0n) is 13.6. The molecule has 6 heteroatoms. The highest BCUT2D eigenvalue weighted by atomic mass is 16.5. The van der Waals surface area contributed by atoms with Gasteiger partial charge in [0, 0.05) is 44.0 Å². The Labute approximate surface area is 136 Å². The maximum absolute atomic E-state index is 5.49. The highest BCUT2D eigenvalue weighted by Gasteiger charge is 2.17. The van der Waals surface area contributed by atoms with Crippen LogP contribution in [0.1, 0.15) is 12.7 Å².